The lowest BCUT2D eigenvalue weighted by Gasteiger charge is -2.19. The van der Waals surface area contributed by atoms with Crippen LogP contribution in [0.3, 0.4) is 0 Å². The molecule has 1 aliphatic rings. The van der Waals surface area contributed by atoms with Gasteiger partial charge in [0.05, 0.1) is 12.3 Å². The molecule has 4 nitrogen and oxygen atoms in total. The molecule has 0 bridgehead atoms. The fraction of sp³-hybridized carbons (Fsp3) is 0.727. The first-order chi connectivity index (χ1) is 7.11. The summed E-state index contributed by atoms with van der Waals surface area (Å²) in [6, 6.07) is 0. The lowest BCUT2D eigenvalue weighted by atomic mass is 9.99. The minimum atomic E-state index is -0.551. The van der Waals surface area contributed by atoms with Gasteiger partial charge in [0, 0.05) is 31.1 Å². The Labute approximate surface area is 90.1 Å². The molecular weight excluding hydrogens is 190 g/mol. The van der Waals surface area contributed by atoms with E-state index in [-0.39, 0.29) is 6.61 Å². The maximum Gasteiger partial charge on any atom is 0.108 e. The first-order valence-electron chi connectivity index (χ1n) is 5.55. The van der Waals surface area contributed by atoms with Gasteiger partial charge in [0.25, 0.3) is 0 Å². The van der Waals surface area contributed by atoms with Crippen LogP contribution in [0, 0.1) is 0 Å². The third-order valence-electron chi connectivity index (χ3n) is 2.90. The van der Waals surface area contributed by atoms with Crippen molar-refractivity contribution in [2.45, 2.75) is 44.7 Å². The Morgan fingerprint density at radius 2 is 2.40 bits per heavy atom. The number of nitrogens with two attached hydrogens (primary N) is 1. The zero-order valence-electron chi connectivity index (χ0n) is 9.24. The van der Waals surface area contributed by atoms with Gasteiger partial charge in [-0.25, -0.2) is 4.98 Å². The molecule has 2 heterocycles. The lowest BCUT2D eigenvalue weighted by molar-refractivity contribution is 0.207. The van der Waals surface area contributed by atoms with Crippen LogP contribution in [-0.2, 0) is 19.4 Å². The number of aromatic nitrogens is 2. The summed E-state index contributed by atoms with van der Waals surface area (Å²) in [5.41, 5.74) is 6.36. The number of aliphatic hydroxyl groups is 1. The van der Waals surface area contributed by atoms with Gasteiger partial charge in [0.15, 0.2) is 0 Å². The monoisotopic (exact) mass is 209 g/mol. The first-order valence-corrected chi connectivity index (χ1v) is 5.55. The van der Waals surface area contributed by atoms with Crippen LogP contribution >= 0.6 is 0 Å². The predicted molar refractivity (Wildman–Crippen MR) is 58.5 cm³/mol. The molecular formula is C11H19N3O. The smallest absolute Gasteiger partial charge is 0.108 e. The zero-order chi connectivity index (χ0) is 10.9. The number of aryl methyl sites for hydroxylation is 2. The molecule has 0 spiro atoms. The van der Waals surface area contributed by atoms with Crippen molar-refractivity contribution in [2.75, 3.05) is 6.61 Å². The van der Waals surface area contributed by atoms with Crippen molar-refractivity contribution in [3.63, 3.8) is 0 Å². The Balaban J connectivity index is 2.13. The minimum absolute atomic E-state index is 0.00477. The third-order valence-corrected chi connectivity index (χ3v) is 2.90. The normalized spacial score (nSPS) is 19.7. The highest BCUT2D eigenvalue weighted by molar-refractivity contribution is 5.09. The molecule has 0 saturated carbocycles. The molecule has 1 unspecified atom stereocenters. The van der Waals surface area contributed by atoms with Gasteiger partial charge >= 0.3 is 0 Å². The lowest BCUT2D eigenvalue weighted by Crippen LogP contribution is -2.42. The van der Waals surface area contributed by atoms with E-state index in [2.05, 4.69) is 15.7 Å². The van der Waals surface area contributed by atoms with E-state index >= 15 is 0 Å². The van der Waals surface area contributed by atoms with Crippen LogP contribution in [0.2, 0.25) is 0 Å². The average molecular weight is 209 g/mol. The molecule has 0 fully saturated rings. The van der Waals surface area contributed by atoms with E-state index in [0.29, 0.717) is 6.42 Å². The average Bonchev–Trinajstić information content (AvgIpc) is 2.58. The van der Waals surface area contributed by atoms with Gasteiger partial charge in [-0.3, -0.25) is 0 Å². The van der Waals surface area contributed by atoms with E-state index in [9.17, 15) is 0 Å². The standard InChI is InChI=1S/C11H19N3O/c1-11(12,8-15)6-9-7-14-5-3-2-4-10(14)13-9/h7,15H,2-6,8,12H2,1H3. The van der Waals surface area contributed by atoms with Crippen molar-refractivity contribution >= 4 is 0 Å². The molecule has 2 rings (SSSR count). The molecule has 84 valence electrons. The Hall–Kier alpha value is -0.870. The zero-order valence-corrected chi connectivity index (χ0v) is 9.24. The molecule has 0 aliphatic carbocycles. The SMILES string of the molecule is CC(N)(CO)Cc1cn2c(n1)CCCC2. The number of nitrogens with zero attached hydrogens (tertiary/aromatic N) is 2. The van der Waals surface area contributed by atoms with Crippen LogP contribution < -0.4 is 5.73 Å². The van der Waals surface area contributed by atoms with Crippen molar-refractivity contribution in [3.05, 3.63) is 17.7 Å². The van der Waals surface area contributed by atoms with Gasteiger partial charge in [-0.15, -0.1) is 0 Å². The van der Waals surface area contributed by atoms with Crippen molar-refractivity contribution in [1.82, 2.24) is 9.55 Å². The van der Waals surface area contributed by atoms with Gasteiger partial charge < -0.3 is 15.4 Å². The minimum Gasteiger partial charge on any atom is -0.394 e. The molecule has 1 aliphatic heterocycles. The van der Waals surface area contributed by atoms with Crippen LogP contribution in [0.1, 0.15) is 31.3 Å². The van der Waals surface area contributed by atoms with E-state index in [0.717, 1.165) is 18.7 Å². The molecule has 0 saturated heterocycles. The molecule has 4 heteroatoms. The molecule has 1 aromatic rings. The van der Waals surface area contributed by atoms with Gasteiger partial charge in [-0.05, 0) is 19.8 Å². The largest absolute Gasteiger partial charge is 0.394 e. The molecule has 15 heavy (non-hydrogen) atoms. The van der Waals surface area contributed by atoms with Gasteiger partial charge in [-0.2, -0.15) is 0 Å². The van der Waals surface area contributed by atoms with E-state index in [1.165, 1.54) is 18.7 Å². The number of rotatable bonds is 3. The fourth-order valence-corrected chi connectivity index (χ4v) is 2.03. The highest BCUT2D eigenvalue weighted by Crippen LogP contribution is 2.16. The molecule has 0 radical (unpaired) electrons. The van der Waals surface area contributed by atoms with Gasteiger partial charge in [0.2, 0.25) is 0 Å². The summed E-state index contributed by atoms with van der Waals surface area (Å²) < 4.78 is 2.21. The number of aliphatic hydroxyl groups excluding tert-OH is 1. The summed E-state index contributed by atoms with van der Waals surface area (Å²) >= 11 is 0. The van der Waals surface area contributed by atoms with Crippen LogP contribution in [-0.4, -0.2) is 26.8 Å². The van der Waals surface area contributed by atoms with Crippen molar-refractivity contribution < 1.29 is 5.11 Å². The van der Waals surface area contributed by atoms with E-state index in [1.807, 2.05) is 6.92 Å². The van der Waals surface area contributed by atoms with Crippen LogP contribution in [0.15, 0.2) is 6.20 Å². The first kappa shape index (κ1) is 10.6. The molecule has 0 aromatic carbocycles. The maximum atomic E-state index is 9.10. The van der Waals surface area contributed by atoms with Gasteiger partial charge in [0.1, 0.15) is 5.82 Å². The maximum absolute atomic E-state index is 9.10. The second-order valence-corrected chi connectivity index (χ2v) is 4.79. The van der Waals surface area contributed by atoms with Crippen LogP contribution in [0.5, 0.6) is 0 Å². The van der Waals surface area contributed by atoms with E-state index in [4.69, 9.17) is 10.8 Å². The van der Waals surface area contributed by atoms with Crippen molar-refractivity contribution in [3.8, 4) is 0 Å². The molecule has 0 amide bonds. The summed E-state index contributed by atoms with van der Waals surface area (Å²) in [6.07, 6.45) is 6.26. The predicted octanol–water partition coefficient (Wildman–Crippen LogP) is 0.472. The number of fused-ring (bicyclic) bond motifs is 1. The van der Waals surface area contributed by atoms with E-state index in [1.54, 1.807) is 0 Å². The summed E-state index contributed by atoms with van der Waals surface area (Å²) in [4.78, 5) is 4.56. The second-order valence-electron chi connectivity index (χ2n) is 4.79. The Kier molecular flexibility index (Phi) is 2.80. The molecule has 3 N–H and O–H groups in total. The van der Waals surface area contributed by atoms with Gasteiger partial charge in [-0.1, -0.05) is 0 Å². The fourth-order valence-electron chi connectivity index (χ4n) is 2.03. The molecule has 1 atom stereocenters. The van der Waals surface area contributed by atoms with Crippen molar-refractivity contribution in [1.29, 1.82) is 0 Å². The quantitative estimate of drug-likeness (QED) is 0.760. The Bertz CT molecular complexity index is 320. The summed E-state index contributed by atoms with van der Waals surface area (Å²) in [7, 11) is 0. The number of hydrogen-bond acceptors (Lipinski definition) is 3. The Morgan fingerprint density at radius 1 is 1.60 bits per heavy atom. The highest BCUT2D eigenvalue weighted by atomic mass is 16.3. The highest BCUT2D eigenvalue weighted by Gasteiger charge is 2.21. The molecule has 1 aromatic heterocycles. The Morgan fingerprint density at radius 3 is 3.07 bits per heavy atom. The van der Waals surface area contributed by atoms with E-state index < -0.39 is 5.54 Å². The number of hydrogen-bond donors (Lipinski definition) is 2. The van der Waals surface area contributed by atoms with Crippen LogP contribution in [0.4, 0.5) is 0 Å². The topological polar surface area (TPSA) is 64.1 Å². The van der Waals surface area contributed by atoms with Crippen LogP contribution in [0.25, 0.3) is 0 Å². The summed E-state index contributed by atoms with van der Waals surface area (Å²) in [5.74, 6) is 1.17. The summed E-state index contributed by atoms with van der Waals surface area (Å²) in [6.45, 7) is 2.92. The third kappa shape index (κ3) is 2.38. The summed E-state index contributed by atoms with van der Waals surface area (Å²) in [5, 5.41) is 9.10. The second kappa shape index (κ2) is 3.94. The van der Waals surface area contributed by atoms with Crippen molar-refractivity contribution in [2.24, 2.45) is 5.73 Å². The number of imidazole rings is 1.